The summed E-state index contributed by atoms with van der Waals surface area (Å²) in [6, 6.07) is 0. The number of hydrogen-bond acceptors (Lipinski definition) is 4. The molecule has 0 saturated carbocycles. The molecular weight excluding hydrogens is 277 g/mol. The van der Waals surface area contributed by atoms with E-state index in [2.05, 4.69) is 11.9 Å². The number of nitrogens with zero attached hydrogens (tertiary/aromatic N) is 1. The van der Waals surface area contributed by atoms with Crippen LogP contribution in [-0.2, 0) is 10.1 Å². The maximum absolute atomic E-state index is 11.3. The molecule has 0 saturated heterocycles. The van der Waals surface area contributed by atoms with Crippen LogP contribution in [0.4, 0.5) is 0 Å². The quantitative estimate of drug-likeness (QED) is 0.170. The first-order valence-electron chi connectivity index (χ1n) is 6.61. The Morgan fingerprint density at radius 3 is 2.32 bits per heavy atom. The molecule has 0 rings (SSSR count). The zero-order valence-corrected chi connectivity index (χ0v) is 14.9. The second-order valence-corrected chi connectivity index (χ2v) is 6.00. The van der Waals surface area contributed by atoms with Crippen LogP contribution in [0.5, 0.6) is 0 Å². The van der Waals surface area contributed by atoms with E-state index in [1.807, 2.05) is 0 Å². The van der Waals surface area contributed by atoms with Crippen molar-refractivity contribution >= 4 is 16.0 Å². The Morgan fingerprint density at radius 1 is 1.11 bits per heavy atom. The van der Waals surface area contributed by atoms with Gasteiger partial charge in [0, 0.05) is 6.54 Å². The first-order valence-corrected chi connectivity index (χ1v) is 8.22. The van der Waals surface area contributed by atoms with Gasteiger partial charge in [-0.05, 0) is 31.6 Å². The number of hydrogen-bond donors (Lipinski definition) is 1. The molecule has 0 heterocycles. The summed E-state index contributed by atoms with van der Waals surface area (Å²) in [6.07, 6.45) is 6.85. The number of rotatable bonds is 11. The molecule has 0 aromatic rings. The van der Waals surface area contributed by atoms with E-state index < -0.39 is 10.1 Å². The van der Waals surface area contributed by atoms with E-state index in [-0.39, 0.29) is 41.2 Å². The van der Waals surface area contributed by atoms with E-state index in [1.54, 1.807) is 0 Å². The average molecular weight is 301 g/mol. The van der Waals surface area contributed by atoms with Gasteiger partial charge in [-0.2, -0.15) is 8.42 Å². The second-order valence-electron chi connectivity index (χ2n) is 4.43. The van der Waals surface area contributed by atoms with Gasteiger partial charge in [-0.15, -0.1) is 0 Å². The summed E-state index contributed by atoms with van der Waals surface area (Å²) >= 11 is 0. The summed E-state index contributed by atoms with van der Waals surface area (Å²) in [6.45, 7) is 2.50. The van der Waals surface area contributed by atoms with Crippen LogP contribution in [-0.4, -0.2) is 31.2 Å². The second kappa shape index (κ2) is 13.4. The molecular formula is C12H24NNaO4S. The maximum atomic E-state index is 11.3. The topological polar surface area (TPSA) is 89.8 Å². The van der Waals surface area contributed by atoms with Crippen molar-refractivity contribution in [2.75, 3.05) is 12.3 Å². The van der Waals surface area contributed by atoms with E-state index in [4.69, 9.17) is 4.55 Å². The van der Waals surface area contributed by atoms with Crippen LogP contribution in [0.3, 0.4) is 0 Å². The fourth-order valence-corrected chi connectivity index (χ4v) is 2.13. The Morgan fingerprint density at radius 2 is 1.74 bits per heavy atom. The van der Waals surface area contributed by atoms with Crippen molar-refractivity contribution < 1.29 is 47.6 Å². The molecule has 5 nitrogen and oxygen atoms in total. The van der Waals surface area contributed by atoms with Crippen molar-refractivity contribution in [1.29, 1.82) is 0 Å². The van der Waals surface area contributed by atoms with Crippen molar-refractivity contribution in [2.24, 2.45) is 4.99 Å². The van der Waals surface area contributed by atoms with Gasteiger partial charge in [-0.1, -0.05) is 32.6 Å². The van der Waals surface area contributed by atoms with Crippen LogP contribution in [0.15, 0.2) is 4.99 Å². The largest absolute Gasteiger partial charge is 1.00 e. The minimum absolute atomic E-state index is 0. The van der Waals surface area contributed by atoms with Crippen LogP contribution in [0, 0.1) is 0 Å². The molecule has 0 spiro atoms. The van der Waals surface area contributed by atoms with Gasteiger partial charge in [-0.3, -0.25) is 4.55 Å². The zero-order chi connectivity index (χ0) is 13.9. The molecule has 0 atom stereocenters. The molecule has 0 unspecified atom stereocenters. The molecule has 0 aliphatic heterocycles. The Balaban J connectivity index is 0. The third-order valence-corrected chi connectivity index (χ3v) is 3.40. The zero-order valence-electron chi connectivity index (χ0n) is 12.1. The van der Waals surface area contributed by atoms with Crippen molar-refractivity contribution in [3.05, 3.63) is 0 Å². The summed E-state index contributed by atoms with van der Waals surface area (Å²) < 4.78 is 29.3. The van der Waals surface area contributed by atoms with Crippen molar-refractivity contribution in [1.82, 2.24) is 0 Å². The first kappa shape index (κ1) is 21.7. The summed E-state index contributed by atoms with van der Waals surface area (Å²) in [5.74, 6) is -0.355. The summed E-state index contributed by atoms with van der Waals surface area (Å²) in [4.78, 5) is 3.85. The maximum Gasteiger partial charge on any atom is 1.00 e. The molecule has 108 valence electrons. The van der Waals surface area contributed by atoms with Gasteiger partial charge < -0.3 is 10.1 Å². The third kappa shape index (κ3) is 18.4. The average Bonchev–Trinajstić information content (AvgIpc) is 2.27. The minimum Gasteiger partial charge on any atom is -0.862 e. The van der Waals surface area contributed by atoms with Gasteiger partial charge >= 0.3 is 29.6 Å². The molecule has 0 aliphatic rings. The van der Waals surface area contributed by atoms with E-state index in [0.717, 1.165) is 19.3 Å². The third-order valence-electron chi connectivity index (χ3n) is 2.59. The normalized spacial score (nSPS) is 12.2. The van der Waals surface area contributed by atoms with Crippen LogP contribution in [0.1, 0.15) is 58.3 Å². The minimum atomic E-state index is -3.87. The fraction of sp³-hybridized carbons (Fsp3) is 0.917. The van der Waals surface area contributed by atoms with Crippen molar-refractivity contribution in [2.45, 2.75) is 58.3 Å². The van der Waals surface area contributed by atoms with E-state index in [1.165, 1.54) is 12.8 Å². The van der Waals surface area contributed by atoms with Crippen LogP contribution in [0.25, 0.3) is 0 Å². The van der Waals surface area contributed by atoms with Gasteiger partial charge in [0.05, 0.1) is 5.75 Å². The Kier molecular flexibility index (Phi) is 15.2. The summed E-state index contributed by atoms with van der Waals surface area (Å²) in [5, 5.41) is 11.3. The molecule has 0 fully saturated rings. The number of aliphatic imine (C=N–C) groups is 1. The van der Waals surface area contributed by atoms with Gasteiger partial charge in [0.15, 0.2) is 0 Å². The van der Waals surface area contributed by atoms with Crippen LogP contribution in [0.2, 0.25) is 0 Å². The monoisotopic (exact) mass is 301 g/mol. The predicted molar refractivity (Wildman–Crippen MR) is 71.3 cm³/mol. The van der Waals surface area contributed by atoms with E-state index in [9.17, 15) is 13.5 Å². The summed E-state index contributed by atoms with van der Waals surface area (Å²) in [5.41, 5.74) is 0. The van der Waals surface area contributed by atoms with Gasteiger partial charge in [0.2, 0.25) is 0 Å². The molecule has 0 amide bonds. The Labute approximate surface area is 138 Å². The molecule has 7 heteroatoms. The summed E-state index contributed by atoms with van der Waals surface area (Å²) in [7, 11) is -3.87. The molecule has 1 N–H and O–H groups in total. The molecule has 0 aliphatic carbocycles. The van der Waals surface area contributed by atoms with Gasteiger partial charge in [0.25, 0.3) is 10.1 Å². The van der Waals surface area contributed by atoms with Crippen LogP contribution < -0.4 is 34.7 Å². The smallest absolute Gasteiger partial charge is 0.862 e. The molecule has 19 heavy (non-hydrogen) atoms. The first-order chi connectivity index (χ1) is 8.45. The van der Waals surface area contributed by atoms with Crippen LogP contribution >= 0.6 is 0 Å². The van der Waals surface area contributed by atoms with E-state index >= 15 is 0 Å². The van der Waals surface area contributed by atoms with E-state index in [0.29, 0.717) is 25.8 Å². The molecule has 0 aromatic heterocycles. The van der Waals surface area contributed by atoms with Gasteiger partial charge in [0.1, 0.15) is 0 Å². The Bertz CT molecular complexity index is 331. The number of unbranched alkanes of at least 4 members (excludes halogenated alkanes) is 5. The SMILES string of the molecule is CCCCCCCC([O-])=NCCCCS(=O)(=O)O.[Na+]. The molecule has 0 radical (unpaired) electrons. The van der Waals surface area contributed by atoms with Crippen molar-refractivity contribution in [3.63, 3.8) is 0 Å². The van der Waals surface area contributed by atoms with Crippen molar-refractivity contribution in [3.8, 4) is 0 Å². The predicted octanol–water partition coefficient (Wildman–Crippen LogP) is -1.22. The molecule has 0 aromatic carbocycles. The standard InChI is InChI=1S/C12H25NO4S.Na/c1-2-3-4-5-6-9-12(14)13-10-7-8-11-18(15,16)17;/h2-11H2,1H3,(H,13,14)(H,15,16,17);/q;+1/p-1. The fourth-order valence-electron chi connectivity index (χ4n) is 1.56. The molecule has 0 bridgehead atoms. The van der Waals surface area contributed by atoms with Gasteiger partial charge in [-0.25, -0.2) is 0 Å². The Hall–Kier alpha value is 0.380.